The SMILES string of the molecule is N#Cc1cc(C(=Cc2ccccc2)C[P+](c2ccccc2)(c2ccccc2)c2ccccc2)ccc1[N+](=O)[O-].[Br-]. The smallest absolute Gasteiger partial charge is 0.287 e. The summed E-state index contributed by atoms with van der Waals surface area (Å²) in [4.78, 5) is 11.1. The lowest BCUT2D eigenvalue weighted by molar-refractivity contribution is -0.385. The minimum absolute atomic E-state index is 0. The molecule has 5 rings (SSSR count). The van der Waals surface area contributed by atoms with Crippen LogP contribution in [0.4, 0.5) is 5.69 Å². The molecular formula is C34H26BrN2O2P. The van der Waals surface area contributed by atoms with E-state index in [1.807, 2.05) is 54.6 Å². The second-order valence-electron chi connectivity index (χ2n) is 9.16. The molecule has 0 amide bonds. The van der Waals surface area contributed by atoms with Gasteiger partial charge in [-0.25, -0.2) is 0 Å². The van der Waals surface area contributed by atoms with E-state index < -0.39 is 12.2 Å². The Bertz CT molecular complexity index is 1560. The molecule has 0 saturated heterocycles. The lowest BCUT2D eigenvalue weighted by Crippen LogP contribution is -3.00. The highest BCUT2D eigenvalue weighted by atomic mass is 79.9. The average Bonchev–Trinajstić information content (AvgIpc) is 3.00. The molecule has 0 aliphatic rings. The molecule has 4 nitrogen and oxygen atoms in total. The van der Waals surface area contributed by atoms with E-state index in [1.165, 1.54) is 22.0 Å². The van der Waals surface area contributed by atoms with Crippen molar-refractivity contribution in [1.29, 1.82) is 5.26 Å². The molecule has 40 heavy (non-hydrogen) atoms. The van der Waals surface area contributed by atoms with Crippen LogP contribution in [0.2, 0.25) is 0 Å². The number of nitro benzene ring substituents is 1. The van der Waals surface area contributed by atoms with Gasteiger partial charge in [-0.3, -0.25) is 10.1 Å². The van der Waals surface area contributed by atoms with Gasteiger partial charge in [0.25, 0.3) is 5.69 Å². The molecule has 0 radical (unpaired) electrons. The number of benzene rings is 5. The average molecular weight is 605 g/mol. The molecule has 0 fully saturated rings. The van der Waals surface area contributed by atoms with Gasteiger partial charge < -0.3 is 17.0 Å². The predicted molar refractivity (Wildman–Crippen MR) is 162 cm³/mol. The van der Waals surface area contributed by atoms with Crippen LogP contribution < -0.4 is 32.9 Å². The van der Waals surface area contributed by atoms with Crippen LogP contribution in [0.15, 0.2) is 140 Å². The minimum atomic E-state index is -2.25. The monoisotopic (exact) mass is 604 g/mol. The molecule has 0 aromatic heterocycles. The fraction of sp³-hybridized carbons (Fsp3) is 0.0294. The van der Waals surface area contributed by atoms with Gasteiger partial charge in [0.1, 0.15) is 34.8 Å². The van der Waals surface area contributed by atoms with Gasteiger partial charge in [0.15, 0.2) is 0 Å². The highest BCUT2D eigenvalue weighted by Crippen LogP contribution is 2.58. The maximum Gasteiger partial charge on any atom is 0.287 e. The Kier molecular flexibility index (Phi) is 9.40. The Labute approximate surface area is 245 Å². The van der Waals surface area contributed by atoms with Gasteiger partial charge >= 0.3 is 0 Å². The van der Waals surface area contributed by atoms with E-state index in [1.54, 1.807) is 12.1 Å². The molecule has 0 heterocycles. The van der Waals surface area contributed by atoms with Crippen molar-refractivity contribution < 1.29 is 21.9 Å². The summed E-state index contributed by atoms with van der Waals surface area (Å²) in [6, 6.07) is 48.7. The van der Waals surface area contributed by atoms with Crippen LogP contribution in [-0.2, 0) is 0 Å². The largest absolute Gasteiger partial charge is 1.00 e. The number of hydrogen-bond donors (Lipinski definition) is 0. The molecular weight excluding hydrogens is 579 g/mol. The zero-order valence-corrected chi connectivity index (χ0v) is 24.1. The second-order valence-corrected chi connectivity index (χ2v) is 12.6. The highest BCUT2D eigenvalue weighted by molar-refractivity contribution is 7.96. The van der Waals surface area contributed by atoms with Crippen molar-refractivity contribution in [3.8, 4) is 6.07 Å². The maximum absolute atomic E-state index is 11.6. The van der Waals surface area contributed by atoms with Crippen molar-refractivity contribution in [1.82, 2.24) is 0 Å². The summed E-state index contributed by atoms with van der Waals surface area (Å²) in [5, 5.41) is 25.1. The molecule has 196 valence electrons. The first-order chi connectivity index (χ1) is 19.1. The van der Waals surface area contributed by atoms with Gasteiger partial charge in [-0.2, -0.15) is 5.26 Å². The number of allylic oxidation sites excluding steroid dienone is 1. The van der Waals surface area contributed by atoms with Crippen molar-refractivity contribution in [2.75, 3.05) is 6.16 Å². The summed E-state index contributed by atoms with van der Waals surface area (Å²) < 4.78 is 0. The molecule has 0 atom stereocenters. The van der Waals surface area contributed by atoms with E-state index in [4.69, 9.17) is 0 Å². The van der Waals surface area contributed by atoms with Gasteiger partial charge in [0, 0.05) is 6.07 Å². The number of hydrogen-bond acceptors (Lipinski definition) is 3. The number of nitro groups is 1. The van der Waals surface area contributed by atoms with Crippen molar-refractivity contribution in [3.05, 3.63) is 166 Å². The topological polar surface area (TPSA) is 66.9 Å². The first-order valence-electron chi connectivity index (χ1n) is 12.6. The summed E-state index contributed by atoms with van der Waals surface area (Å²) in [7, 11) is -2.25. The molecule has 0 aliphatic heterocycles. The lowest BCUT2D eigenvalue weighted by Gasteiger charge is -2.29. The Hall–Kier alpha value is -4.36. The molecule has 0 saturated carbocycles. The third kappa shape index (κ3) is 5.95. The van der Waals surface area contributed by atoms with Crippen molar-refractivity contribution in [2.24, 2.45) is 0 Å². The van der Waals surface area contributed by atoms with Gasteiger partial charge in [-0.1, -0.05) is 84.9 Å². The first kappa shape index (κ1) is 28.6. The zero-order chi connectivity index (χ0) is 27.1. The maximum atomic E-state index is 11.6. The van der Waals surface area contributed by atoms with E-state index in [-0.39, 0.29) is 28.2 Å². The Balaban J connectivity index is 0.00000370. The van der Waals surface area contributed by atoms with Crippen molar-refractivity contribution in [2.45, 2.75) is 0 Å². The molecule has 0 bridgehead atoms. The van der Waals surface area contributed by atoms with Crippen LogP contribution in [0.3, 0.4) is 0 Å². The summed E-state index contributed by atoms with van der Waals surface area (Å²) in [5.74, 6) is 0. The lowest BCUT2D eigenvalue weighted by atomic mass is 10.0. The molecule has 5 aromatic carbocycles. The molecule has 0 N–H and O–H groups in total. The minimum Gasteiger partial charge on any atom is -1.00 e. The molecule has 6 heteroatoms. The Morgan fingerprint density at radius 2 is 1.18 bits per heavy atom. The third-order valence-electron chi connectivity index (χ3n) is 6.82. The van der Waals surface area contributed by atoms with E-state index >= 15 is 0 Å². The van der Waals surface area contributed by atoms with Gasteiger partial charge in [0.05, 0.1) is 11.1 Å². The van der Waals surface area contributed by atoms with Crippen molar-refractivity contribution >= 4 is 40.5 Å². The number of nitrogens with zero attached hydrogens (tertiary/aromatic N) is 2. The van der Waals surface area contributed by atoms with E-state index in [0.717, 1.165) is 16.7 Å². The number of rotatable bonds is 8. The summed E-state index contributed by atoms with van der Waals surface area (Å²) in [6.07, 6.45) is 2.81. The summed E-state index contributed by atoms with van der Waals surface area (Å²) >= 11 is 0. The highest BCUT2D eigenvalue weighted by Gasteiger charge is 2.46. The van der Waals surface area contributed by atoms with Crippen LogP contribution in [0.25, 0.3) is 11.6 Å². The third-order valence-corrected chi connectivity index (χ3v) is 11.2. The van der Waals surface area contributed by atoms with Crippen molar-refractivity contribution in [3.63, 3.8) is 0 Å². The van der Waals surface area contributed by atoms with E-state index in [2.05, 4.69) is 78.9 Å². The summed E-state index contributed by atoms with van der Waals surface area (Å²) in [6.45, 7) is 0. The van der Waals surface area contributed by atoms with Crippen LogP contribution >= 0.6 is 7.26 Å². The molecule has 0 aliphatic carbocycles. The van der Waals surface area contributed by atoms with Crippen LogP contribution in [0, 0.1) is 21.4 Å². The van der Waals surface area contributed by atoms with Crippen LogP contribution in [-0.4, -0.2) is 11.1 Å². The summed E-state index contributed by atoms with van der Waals surface area (Å²) in [5.41, 5.74) is 2.71. The molecule has 0 spiro atoms. The molecule has 0 unspecified atom stereocenters. The van der Waals surface area contributed by atoms with Gasteiger partial charge in [-0.05, 0) is 71.3 Å². The fourth-order valence-electron chi connectivity index (χ4n) is 4.98. The molecule has 5 aromatic rings. The van der Waals surface area contributed by atoms with E-state index in [9.17, 15) is 15.4 Å². The van der Waals surface area contributed by atoms with Gasteiger partial charge in [0.2, 0.25) is 0 Å². The number of nitriles is 1. The quantitative estimate of drug-likeness (QED) is 0.116. The predicted octanol–water partition coefficient (Wildman–Crippen LogP) is 4.01. The zero-order valence-electron chi connectivity index (χ0n) is 21.6. The standard InChI is InChI=1S/C34H26N2O2P.BrH/c35-25-29-24-28(21-22-34(29)36(37)38)30(23-27-13-5-1-6-14-27)26-39(31-15-7-2-8-16-31,32-17-9-3-10-18-32)33-19-11-4-12-20-33;/h1-24H,26H2;1H/q+1;/p-1. The normalized spacial score (nSPS) is 11.2. The number of halogens is 1. The van der Waals surface area contributed by atoms with E-state index in [0.29, 0.717) is 6.16 Å². The fourth-order valence-corrected chi connectivity index (χ4v) is 9.25. The Morgan fingerprint density at radius 1 is 0.725 bits per heavy atom. The van der Waals surface area contributed by atoms with Gasteiger partial charge in [-0.15, -0.1) is 0 Å². The first-order valence-corrected chi connectivity index (χ1v) is 14.6. The Morgan fingerprint density at radius 3 is 1.60 bits per heavy atom. The second kappa shape index (κ2) is 13.1. The van der Waals surface area contributed by atoms with Crippen LogP contribution in [0.5, 0.6) is 0 Å². The van der Waals surface area contributed by atoms with Crippen LogP contribution in [0.1, 0.15) is 16.7 Å².